The molecule has 4 N–H and O–H groups in total. The van der Waals surface area contributed by atoms with Crippen LogP contribution in [0.1, 0.15) is 19.8 Å². The fraction of sp³-hybridized carbons (Fsp3) is 0.333. The lowest BCUT2D eigenvalue weighted by Crippen LogP contribution is -2.52. The van der Waals surface area contributed by atoms with Crippen LogP contribution in [-0.4, -0.2) is 58.9 Å². The van der Waals surface area contributed by atoms with E-state index in [1.165, 1.54) is 0 Å². The summed E-state index contributed by atoms with van der Waals surface area (Å²) in [6.45, 7) is 4.63. The van der Waals surface area contributed by atoms with Crippen molar-refractivity contribution in [3.8, 4) is 11.3 Å². The van der Waals surface area contributed by atoms with Gasteiger partial charge >= 0.3 is 0 Å². The minimum absolute atomic E-state index is 0.00714. The van der Waals surface area contributed by atoms with Crippen molar-refractivity contribution in [1.82, 2.24) is 14.9 Å². The zero-order valence-corrected chi connectivity index (χ0v) is 20.4. The number of amides is 2. The fourth-order valence-corrected chi connectivity index (χ4v) is 4.25. The van der Waals surface area contributed by atoms with E-state index < -0.39 is 6.04 Å². The van der Waals surface area contributed by atoms with Crippen LogP contribution in [0.3, 0.4) is 0 Å². The van der Waals surface area contributed by atoms with Gasteiger partial charge in [0, 0.05) is 60.9 Å². The van der Waals surface area contributed by atoms with Gasteiger partial charge in [0.25, 0.3) is 0 Å². The van der Waals surface area contributed by atoms with Crippen molar-refractivity contribution in [2.45, 2.75) is 25.8 Å². The molecule has 1 aromatic heterocycles. The highest BCUT2D eigenvalue weighted by Gasteiger charge is 2.29. The molecule has 1 atom stereocenters. The molecule has 36 heavy (non-hydrogen) atoms. The third kappa shape index (κ3) is 5.63. The minimum atomic E-state index is -0.457. The highest BCUT2D eigenvalue weighted by atomic mass is 16.2. The second-order valence-electron chi connectivity index (χ2n) is 9.38. The van der Waals surface area contributed by atoms with E-state index in [2.05, 4.69) is 37.6 Å². The number of rotatable bonds is 7. The van der Waals surface area contributed by atoms with Crippen LogP contribution in [0.25, 0.3) is 11.3 Å². The average molecular weight is 486 g/mol. The number of nitrogens with zero attached hydrogens (tertiary/aromatic N) is 4. The molecule has 1 aliphatic heterocycles. The van der Waals surface area contributed by atoms with E-state index in [9.17, 15) is 9.59 Å². The Balaban J connectivity index is 1.19. The maximum absolute atomic E-state index is 12.1. The van der Waals surface area contributed by atoms with Gasteiger partial charge in [0.15, 0.2) is 0 Å². The van der Waals surface area contributed by atoms with Crippen LogP contribution in [0, 0.1) is 5.92 Å². The van der Waals surface area contributed by atoms with Gasteiger partial charge in [-0.05, 0) is 62.2 Å². The molecule has 186 valence electrons. The van der Waals surface area contributed by atoms with Crippen molar-refractivity contribution < 1.29 is 9.59 Å². The molecule has 1 saturated heterocycles. The largest absolute Gasteiger partial charge is 0.368 e. The normalized spacial score (nSPS) is 16.4. The fourth-order valence-electron chi connectivity index (χ4n) is 4.25. The molecular formula is C27H31N7O2. The summed E-state index contributed by atoms with van der Waals surface area (Å²) in [5, 5.41) is 6.23. The Kier molecular flexibility index (Phi) is 6.81. The van der Waals surface area contributed by atoms with Gasteiger partial charge in [-0.15, -0.1) is 0 Å². The molecule has 0 bridgehead atoms. The third-order valence-corrected chi connectivity index (χ3v) is 6.52. The first-order valence-corrected chi connectivity index (χ1v) is 12.4. The lowest BCUT2D eigenvalue weighted by molar-refractivity contribution is -0.132. The maximum atomic E-state index is 12.1. The van der Waals surface area contributed by atoms with E-state index in [-0.39, 0.29) is 17.7 Å². The summed E-state index contributed by atoms with van der Waals surface area (Å²) in [6.07, 6.45) is 3.69. The highest BCUT2D eigenvalue weighted by Crippen LogP contribution is 2.30. The molecule has 0 unspecified atom stereocenters. The Morgan fingerprint density at radius 1 is 0.944 bits per heavy atom. The summed E-state index contributed by atoms with van der Waals surface area (Å²) in [5.74, 6) is 0.790. The first-order valence-electron chi connectivity index (χ1n) is 12.4. The summed E-state index contributed by atoms with van der Waals surface area (Å²) in [4.78, 5) is 37.2. The lowest BCUT2D eigenvalue weighted by Gasteiger charge is -2.36. The van der Waals surface area contributed by atoms with Crippen LogP contribution in [0.5, 0.6) is 0 Å². The predicted molar refractivity (Wildman–Crippen MR) is 141 cm³/mol. The first-order chi connectivity index (χ1) is 17.5. The van der Waals surface area contributed by atoms with Gasteiger partial charge in [0.1, 0.15) is 0 Å². The first kappa shape index (κ1) is 23.7. The van der Waals surface area contributed by atoms with Crippen molar-refractivity contribution in [2.24, 2.45) is 11.7 Å². The molecule has 2 amide bonds. The van der Waals surface area contributed by atoms with Crippen molar-refractivity contribution >= 4 is 34.8 Å². The number of nitrogens with two attached hydrogens (primary N) is 1. The van der Waals surface area contributed by atoms with Gasteiger partial charge in [-0.25, -0.2) is 9.97 Å². The van der Waals surface area contributed by atoms with Crippen molar-refractivity contribution in [3.63, 3.8) is 0 Å². The summed E-state index contributed by atoms with van der Waals surface area (Å²) in [6, 6.07) is 17.2. The number of aromatic nitrogens is 2. The number of piperazine rings is 1. The molecular weight excluding hydrogens is 454 g/mol. The van der Waals surface area contributed by atoms with Crippen molar-refractivity contribution in [2.75, 3.05) is 41.7 Å². The van der Waals surface area contributed by atoms with Crippen LogP contribution in [-0.2, 0) is 9.59 Å². The van der Waals surface area contributed by atoms with Gasteiger partial charge in [-0.1, -0.05) is 12.1 Å². The molecule has 0 radical (unpaired) electrons. The molecule has 5 rings (SSSR count). The predicted octanol–water partition coefficient (Wildman–Crippen LogP) is 3.23. The van der Waals surface area contributed by atoms with Crippen molar-refractivity contribution in [3.05, 3.63) is 60.8 Å². The lowest BCUT2D eigenvalue weighted by atomic mass is 10.1. The summed E-state index contributed by atoms with van der Waals surface area (Å²) in [7, 11) is 0. The third-order valence-electron chi connectivity index (χ3n) is 6.52. The highest BCUT2D eigenvalue weighted by molar-refractivity contribution is 5.94. The number of carbonyl (C=O) groups is 2. The van der Waals surface area contributed by atoms with Crippen LogP contribution in [0.2, 0.25) is 0 Å². The van der Waals surface area contributed by atoms with Crippen LogP contribution in [0.4, 0.5) is 23.0 Å². The topological polar surface area (TPSA) is 116 Å². The van der Waals surface area contributed by atoms with Gasteiger partial charge < -0.3 is 26.2 Å². The molecule has 9 heteroatoms. The molecule has 0 spiro atoms. The Morgan fingerprint density at radius 3 is 2.25 bits per heavy atom. The molecule has 2 aliphatic rings. The zero-order valence-electron chi connectivity index (χ0n) is 20.4. The Morgan fingerprint density at radius 2 is 1.61 bits per heavy atom. The van der Waals surface area contributed by atoms with E-state index in [1.807, 2.05) is 47.4 Å². The van der Waals surface area contributed by atoms with E-state index in [1.54, 1.807) is 13.1 Å². The smallest absolute Gasteiger partial charge is 0.239 e. The zero-order chi connectivity index (χ0) is 25.1. The summed E-state index contributed by atoms with van der Waals surface area (Å²) < 4.78 is 0. The van der Waals surface area contributed by atoms with Crippen molar-refractivity contribution in [1.29, 1.82) is 0 Å². The second kappa shape index (κ2) is 10.3. The molecule has 3 aromatic rings. The second-order valence-corrected chi connectivity index (χ2v) is 9.38. The number of nitrogens with one attached hydrogen (secondary N) is 2. The van der Waals surface area contributed by atoms with Gasteiger partial charge in [0.05, 0.1) is 11.7 Å². The van der Waals surface area contributed by atoms with E-state index in [0.29, 0.717) is 19.0 Å². The standard InChI is InChI=1S/C27H31N7O2/c1-18(28)26(36)34-16-14-33(15-17-34)23-10-8-22(9-11-23)31-27-29-13-12-24(32-27)19-4-6-21(7-5-19)30-25(35)20-2-3-20/h4-13,18,20H,2-3,14-17,28H2,1H3,(H,30,35)(H,29,31,32)/t18-/m1/s1. The summed E-state index contributed by atoms with van der Waals surface area (Å²) >= 11 is 0. The van der Waals surface area contributed by atoms with Gasteiger partial charge in [-0.2, -0.15) is 0 Å². The Bertz CT molecular complexity index is 1220. The Hall–Kier alpha value is -3.98. The molecule has 1 aliphatic carbocycles. The number of hydrogen-bond acceptors (Lipinski definition) is 7. The van der Waals surface area contributed by atoms with Gasteiger partial charge in [0.2, 0.25) is 17.8 Å². The summed E-state index contributed by atoms with van der Waals surface area (Å²) in [5.41, 5.74) is 10.3. The average Bonchev–Trinajstić information content (AvgIpc) is 3.75. The Labute approximate surface area is 210 Å². The quantitative estimate of drug-likeness (QED) is 0.470. The van der Waals surface area contributed by atoms with Gasteiger partial charge in [-0.3, -0.25) is 9.59 Å². The van der Waals surface area contributed by atoms with E-state index in [4.69, 9.17) is 5.73 Å². The van der Waals surface area contributed by atoms with Crippen LogP contribution in [0.15, 0.2) is 60.8 Å². The van der Waals surface area contributed by atoms with E-state index >= 15 is 0 Å². The van der Waals surface area contributed by atoms with E-state index in [0.717, 1.165) is 54.3 Å². The molecule has 2 aromatic carbocycles. The number of anilines is 4. The number of carbonyl (C=O) groups excluding carboxylic acids is 2. The number of hydrogen-bond donors (Lipinski definition) is 3. The molecule has 9 nitrogen and oxygen atoms in total. The maximum Gasteiger partial charge on any atom is 0.239 e. The number of benzene rings is 2. The molecule has 1 saturated carbocycles. The van der Waals surface area contributed by atoms with Crippen LogP contribution < -0.4 is 21.3 Å². The monoisotopic (exact) mass is 485 g/mol. The SMILES string of the molecule is C[C@@H](N)C(=O)N1CCN(c2ccc(Nc3nccc(-c4ccc(NC(=O)C5CC5)cc4)n3)cc2)CC1. The molecule has 2 heterocycles. The molecule has 2 fully saturated rings. The van der Waals surface area contributed by atoms with Crippen LogP contribution >= 0.6 is 0 Å². The minimum Gasteiger partial charge on any atom is -0.368 e.